The number of nitrogens with zero attached hydrogens (tertiary/aromatic N) is 6. The van der Waals surface area contributed by atoms with Crippen molar-refractivity contribution in [3.63, 3.8) is 0 Å². The summed E-state index contributed by atoms with van der Waals surface area (Å²) in [6, 6.07) is 0. The molecule has 0 spiro atoms. The smallest absolute Gasteiger partial charge is 0.306 e. The van der Waals surface area contributed by atoms with Crippen molar-refractivity contribution < 1.29 is 85.6 Å². The fraction of sp³-hybridized carbons (Fsp3) is 0.857. The first-order valence-corrected chi connectivity index (χ1v) is 35.6. The van der Waals surface area contributed by atoms with E-state index in [4.69, 9.17) is 68.8 Å². The van der Waals surface area contributed by atoms with Crippen molar-refractivity contribution in [1.29, 1.82) is 0 Å². The first-order chi connectivity index (χ1) is 45.9. The van der Waals surface area contributed by atoms with Gasteiger partial charge in [0.15, 0.2) is 6.10 Å². The van der Waals surface area contributed by atoms with Crippen LogP contribution in [0.2, 0.25) is 0 Å². The monoisotopic (exact) mass is 1340 g/mol. The molecule has 544 valence electrons. The lowest BCUT2D eigenvalue weighted by Crippen LogP contribution is -2.30. The molecule has 0 radical (unpaired) electrons. The number of ether oxygens (including phenoxy) is 12. The van der Waals surface area contributed by atoms with Crippen molar-refractivity contribution in [3.8, 4) is 12.3 Å². The number of aromatic nitrogens is 3. The van der Waals surface area contributed by atoms with Crippen LogP contribution in [0.5, 0.6) is 0 Å². The topological polar surface area (TPSA) is 293 Å². The van der Waals surface area contributed by atoms with Gasteiger partial charge < -0.3 is 56.8 Å². The zero-order chi connectivity index (χ0) is 69.3. The van der Waals surface area contributed by atoms with Crippen molar-refractivity contribution in [2.75, 3.05) is 113 Å². The van der Waals surface area contributed by atoms with Crippen molar-refractivity contribution in [2.45, 2.75) is 278 Å². The van der Waals surface area contributed by atoms with Gasteiger partial charge >= 0.3 is 35.8 Å². The molecule has 1 heterocycles. The van der Waals surface area contributed by atoms with E-state index in [-0.39, 0.29) is 94.8 Å². The summed E-state index contributed by atoms with van der Waals surface area (Å²) in [5, 5.41) is 11.7. The molecule has 24 heteroatoms. The summed E-state index contributed by atoms with van der Waals surface area (Å²) >= 11 is 0. The minimum atomic E-state index is -0.712. The number of unbranched alkanes of at least 4 members (excludes halogenated alkanes) is 24. The van der Waals surface area contributed by atoms with Crippen LogP contribution in [0.1, 0.15) is 258 Å². The van der Waals surface area contributed by atoms with Crippen LogP contribution in [0, 0.1) is 12.3 Å². The minimum Gasteiger partial charge on any atom is -0.463 e. The molecule has 0 aliphatic heterocycles. The van der Waals surface area contributed by atoms with E-state index >= 15 is 0 Å². The van der Waals surface area contributed by atoms with Crippen LogP contribution < -0.4 is 0 Å². The molecule has 0 aliphatic carbocycles. The second-order valence-electron chi connectivity index (χ2n) is 23.0. The highest BCUT2D eigenvalue weighted by Crippen LogP contribution is 2.15. The van der Waals surface area contributed by atoms with Gasteiger partial charge in [-0.05, 0) is 31.2 Å². The molecule has 1 rings (SSSR count). The molecule has 1 aromatic rings. The van der Waals surface area contributed by atoms with Crippen LogP contribution in [0.3, 0.4) is 0 Å². The van der Waals surface area contributed by atoms with E-state index in [1.54, 1.807) is 25.1 Å². The highest BCUT2D eigenvalue weighted by atomic mass is 16.6. The SMILES string of the molecule is C#CCCC(=O)OCCOCCOCCOC.CCCCCCCCCC(=O)OCC(CN=[N+]=[N-])OC(=O)CCCCCCCCC.CCCCCCCCCC(=O)OCC(Cn1cc(CCC(=O)OCCOCCOCCOC)nn1)OC(=O)CCCCCCCCC. The molecule has 0 fully saturated rings. The molecule has 2 unspecified atom stereocenters. The van der Waals surface area contributed by atoms with Crippen LogP contribution in [-0.2, 0) is 98.6 Å². The van der Waals surface area contributed by atoms with Gasteiger partial charge in [-0.1, -0.05) is 192 Å². The minimum absolute atomic E-state index is 0.0238. The number of carbonyl (C=O) groups is 6. The number of hydrogen-bond acceptors (Lipinski definition) is 21. The second-order valence-corrected chi connectivity index (χ2v) is 23.0. The summed E-state index contributed by atoms with van der Waals surface area (Å²) < 4.78 is 64.2. The molecular weight excluding hydrogens is 1210 g/mol. The fourth-order valence-electron chi connectivity index (χ4n) is 8.94. The third kappa shape index (κ3) is 68.0. The van der Waals surface area contributed by atoms with Crippen molar-refractivity contribution >= 4 is 35.8 Å². The Morgan fingerprint density at radius 3 is 1.19 bits per heavy atom. The van der Waals surface area contributed by atoms with Crippen LogP contribution in [-0.4, -0.2) is 176 Å². The van der Waals surface area contributed by atoms with Gasteiger partial charge in [-0.2, -0.15) is 0 Å². The molecule has 1 aromatic heterocycles. The van der Waals surface area contributed by atoms with E-state index in [0.29, 0.717) is 104 Å². The normalized spacial score (nSPS) is 11.4. The Hall–Kier alpha value is -5.41. The number of hydrogen-bond donors (Lipinski definition) is 0. The van der Waals surface area contributed by atoms with Gasteiger partial charge in [0.25, 0.3) is 0 Å². The highest BCUT2D eigenvalue weighted by Gasteiger charge is 2.20. The molecule has 24 nitrogen and oxygen atoms in total. The van der Waals surface area contributed by atoms with E-state index in [1.807, 2.05) is 0 Å². The number of methoxy groups -OCH3 is 2. The Kier molecular flexibility index (Phi) is 70.8. The Labute approximate surface area is 565 Å². The van der Waals surface area contributed by atoms with Crippen molar-refractivity contribution in [3.05, 3.63) is 22.3 Å². The lowest BCUT2D eigenvalue weighted by Gasteiger charge is -2.18. The summed E-state index contributed by atoms with van der Waals surface area (Å²) in [6.45, 7) is 13.9. The maximum Gasteiger partial charge on any atom is 0.306 e. The molecule has 0 saturated heterocycles. The van der Waals surface area contributed by atoms with E-state index in [9.17, 15) is 28.8 Å². The zero-order valence-electron chi connectivity index (χ0n) is 59.1. The van der Waals surface area contributed by atoms with Crippen molar-refractivity contribution in [1.82, 2.24) is 15.0 Å². The standard InChI is InChI=1S/C35H63N3O9.C23H43N3O4.C12H20O5/c1-4-6-8-10-12-14-16-18-33(39)46-30-32(47-35(41)19-17-15-13-11-9-7-5-2)29-38-28-31(36-37-38)20-21-34(40)45-27-26-44-25-24-43-23-22-42-3;1-3-5-7-9-11-13-15-17-22(27)29-20-21(19-25-26-24)30-23(28)18-16-14-12-10-8-6-4-2;1-3-4-5-12(13)17-11-10-16-9-8-15-7-6-14-2/h28,32H,4-27,29-30H2,1-3H3;21H,3-20H2,1-2H3;1H,4-11H2,2H3. The average molecular weight is 1340 g/mol. The summed E-state index contributed by atoms with van der Waals surface area (Å²) in [5.41, 5.74) is 9.13. The maximum atomic E-state index is 12.6. The third-order valence-corrected chi connectivity index (χ3v) is 14.4. The molecule has 0 aromatic carbocycles. The number of aryl methyl sites for hydroxylation is 1. The molecule has 0 amide bonds. The van der Waals surface area contributed by atoms with Crippen molar-refractivity contribution in [2.24, 2.45) is 5.11 Å². The highest BCUT2D eigenvalue weighted by molar-refractivity contribution is 5.71. The van der Waals surface area contributed by atoms with Gasteiger partial charge in [0.05, 0.1) is 97.7 Å². The average Bonchev–Trinajstić information content (AvgIpc) is 2.02. The van der Waals surface area contributed by atoms with Gasteiger partial charge in [-0.15, -0.1) is 17.4 Å². The quantitative estimate of drug-likeness (QED) is 0.0111. The summed E-state index contributed by atoms with van der Waals surface area (Å²) in [5.74, 6) is 0.511. The Bertz CT molecular complexity index is 2020. The van der Waals surface area contributed by atoms with Crippen LogP contribution >= 0.6 is 0 Å². The van der Waals surface area contributed by atoms with E-state index in [0.717, 1.165) is 77.0 Å². The first kappa shape index (κ1) is 90.6. The molecule has 0 saturated carbocycles. The Morgan fingerprint density at radius 2 is 0.798 bits per heavy atom. The van der Waals surface area contributed by atoms with E-state index in [2.05, 4.69) is 54.0 Å². The molecule has 2 atom stereocenters. The number of terminal acetylenes is 1. The van der Waals surface area contributed by atoms with Gasteiger partial charge in [0.2, 0.25) is 0 Å². The number of rotatable bonds is 65. The van der Waals surface area contributed by atoms with Crippen LogP contribution in [0.15, 0.2) is 11.3 Å². The number of carbonyl (C=O) groups excluding carboxylic acids is 6. The number of azide groups is 1. The predicted octanol–water partition coefficient (Wildman–Crippen LogP) is 13.8. The Balaban J connectivity index is 0. The largest absolute Gasteiger partial charge is 0.463 e. The summed E-state index contributed by atoms with van der Waals surface area (Å²) in [4.78, 5) is 74.8. The zero-order valence-corrected chi connectivity index (χ0v) is 59.1. The van der Waals surface area contributed by atoms with Crippen LogP contribution in [0.4, 0.5) is 0 Å². The third-order valence-electron chi connectivity index (χ3n) is 14.4. The molecule has 94 heavy (non-hydrogen) atoms. The fourth-order valence-corrected chi connectivity index (χ4v) is 8.94. The second kappa shape index (κ2) is 73.4. The van der Waals surface area contributed by atoms with Crippen LogP contribution in [0.25, 0.3) is 10.4 Å². The molecule has 0 aliphatic rings. The lowest BCUT2D eigenvalue weighted by atomic mass is 10.1. The van der Waals surface area contributed by atoms with Gasteiger partial charge in [0.1, 0.15) is 32.5 Å². The molecule has 0 N–H and O–H groups in total. The van der Waals surface area contributed by atoms with Gasteiger partial charge in [-0.3, -0.25) is 28.8 Å². The first-order valence-electron chi connectivity index (χ1n) is 35.6. The van der Waals surface area contributed by atoms with E-state index < -0.39 is 12.2 Å². The predicted molar refractivity (Wildman–Crippen MR) is 361 cm³/mol. The summed E-state index contributed by atoms with van der Waals surface area (Å²) in [7, 11) is 3.23. The van der Waals surface area contributed by atoms with Gasteiger partial charge in [0, 0.05) is 63.9 Å². The van der Waals surface area contributed by atoms with E-state index in [1.165, 1.54) is 103 Å². The number of esters is 6. The Morgan fingerprint density at radius 1 is 0.457 bits per heavy atom. The summed E-state index contributed by atoms with van der Waals surface area (Å²) in [6.07, 6.45) is 39.3. The van der Waals surface area contributed by atoms with Gasteiger partial charge in [-0.25, -0.2) is 4.68 Å². The molecular formula is C70H126N6O18. The lowest BCUT2D eigenvalue weighted by molar-refractivity contribution is -0.160. The molecule has 0 bridgehead atoms. The maximum absolute atomic E-state index is 12.6.